The Morgan fingerprint density at radius 2 is 2.16 bits per heavy atom. The summed E-state index contributed by atoms with van der Waals surface area (Å²) in [4.78, 5) is 26.1. The number of nitrogens with one attached hydrogen (secondary N) is 1. The molecule has 1 aliphatic heterocycles. The van der Waals surface area contributed by atoms with Gasteiger partial charge in [0, 0.05) is 49.1 Å². The number of fused-ring (bicyclic) bond motifs is 3. The van der Waals surface area contributed by atoms with E-state index < -0.39 is 0 Å². The van der Waals surface area contributed by atoms with E-state index in [1.54, 1.807) is 0 Å². The second kappa shape index (κ2) is 6.52. The molecule has 1 amide bonds. The minimum absolute atomic E-state index is 0.0943. The van der Waals surface area contributed by atoms with Gasteiger partial charge in [-0.25, -0.2) is 4.98 Å². The number of nitriles is 1. The lowest BCUT2D eigenvalue weighted by Gasteiger charge is -2.32. The average Bonchev–Trinajstić information content (AvgIpc) is 3.15. The molecule has 0 spiro atoms. The van der Waals surface area contributed by atoms with Crippen LogP contribution in [-0.2, 0) is 4.79 Å². The molecule has 0 radical (unpaired) electrons. The Morgan fingerprint density at radius 1 is 1.32 bits per heavy atom. The SMILES string of the molecule is N#CCCC(=O)N1CCC(c2ccnc3cnc4[nH]ccc4c23)CC1. The number of nitrogens with zero attached hydrogens (tertiary/aromatic N) is 4. The van der Waals surface area contributed by atoms with E-state index >= 15 is 0 Å². The Labute approximate surface area is 145 Å². The van der Waals surface area contributed by atoms with E-state index in [0.717, 1.165) is 42.5 Å². The summed E-state index contributed by atoms with van der Waals surface area (Å²) in [5, 5.41) is 10.9. The zero-order chi connectivity index (χ0) is 17.2. The summed E-state index contributed by atoms with van der Waals surface area (Å²) in [5.41, 5.74) is 3.09. The van der Waals surface area contributed by atoms with Gasteiger partial charge in [0.05, 0.1) is 17.8 Å². The molecule has 6 nitrogen and oxygen atoms in total. The number of aromatic amines is 1. The van der Waals surface area contributed by atoms with E-state index in [-0.39, 0.29) is 5.91 Å². The first kappa shape index (κ1) is 15.6. The van der Waals surface area contributed by atoms with Crippen LogP contribution in [0.5, 0.6) is 0 Å². The standard InChI is InChI=1S/C19H19N5O/c20-7-1-2-17(25)24-10-5-13(6-11-24)14-3-8-21-16-12-23-19-15(18(14)16)4-9-22-19/h3-4,8-9,12-13H,1-2,5-6,10-11H2,(H,22,23). The lowest BCUT2D eigenvalue weighted by atomic mass is 9.87. The van der Waals surface area contributed by atoms with Crippen LogP contribution in [0.15, 0.2) is 30.7 Å². The number of pyridine rings is 2. The van der Waals surface area contributed by atoms with Crippen molar-refractivity contribution in [3.63, 3.8) is 0 Å². The maximum Gasteiger partial charge on any atom is 0.223 e. The van der Waals surface area contributed by atoms with Crippen molar-refractivity contribution in [1.82, 2.24) is 19.9 Å². The normalized spacial score (nSPS) is 15.6. The van der Waals surface area contributed by atoms with Crippen LogP contribution in [0.3, 0.4) is 0 Å². The van der Waals surface area contributed by atoms with Crippen molar-refractivity contribution in [2.45, 2.75) is 31.6 Å². The van der Waals surface area contributed by atoms with Crippen LogP contribution in [-0.4, -0.2) is 38.8 Å². The van der Waals surface area contributed by atoms with E-state index in [1.165, 1.54) is 10.9 Å². The molecule has 0 aliphatic carbocycles. The van der Waals surface area contributed by atoms with Crippen molar-refractivity contribution in [2.75, 3.05) is 13.1 Å². The van der Waals surface area contributed by atoms with Crippen LogP contribution >= 0.6 is 0 Å². The highest BCUT2D eigenvalue weighted by molar-refractivity contribution is 6.05. The number of rotatable bonds is 3. The largest absolute Gasteiger partial charge is 0.346 e. The van der Waals surface area contributed by atoms with Crippen LogP contribution < -0.4 is 0 Å². The van der Waals surface area contributed by atoms with Gasteiger partial charge in [-0.05, 0) is 36.5 Å². The second-order valence-electron chi connectivity index (χ2n) is 6.47. The van der Waals surface area contributed by atoms with Gasteiger partial charge in [0.1, 0.15) is 5.65 Å². The van der Waals surface area contributed by atoms with Gasteiger partial charge in [-0.1, -0.05) is 0 Å². The third-order valence-electron chi connectivity index (χ3n) is 5.06. The summed E-state index contributed by atoms with van der Waals surface area (Å²) in [6, 6.07) is 6.20. The molecule has 1 fully saturated rings. The number of H-pyrrole nitrogens is 1. The maximum absolute atomic E-state index is 12.1. The van der Waals surface area contributed by atoms with Crippen molar-refractivity contribution in [3.8, 4) is 6.07 Å². The second-order valence-corrected chi connectivity index (χ2v) is 6.47. The smallest absolute Gasteiger partial charge is 0.223 e. The topological polar surface area (TPSA) is 85.7 Å². The molecule has 3 aromatic heterocycles. The minimum Gasteiger partial charge on any atom is -0.346 e. The molecule has 6 heteroatoms. The van der Waals surface area contributed by atoms with E-state index in [0.29, 0.717) is 18.8 Å². The molecule has 25 heavy (non-hydrogen) atoms. The van der Waals surface area contributed by atoms with E-state index in [4.69, 9.17) is 5.26 Å². The van der Waals surface area contributed by atoms with Crippen LogP contribution in [0.4, 0.5) is 0 Å². The van der Waals surface area contributed by atoms with Crippen LogP contribution in [0.2, 0.25) is 0 Å². The van der Waals surface area contributed by atoms with Gasteiger partial charge in [0.2, 0.25) is 5.91 Å². The number of aromatic nitrogens is 3. The van der Waals surface area contributed by atoms with Crippen LogP contribution in [0.1, 0.15) is 37.2 Å². The van der Waals surface area contributed by atoms with Gasteiger partial charge in [-0.15, -0.1) is 0 Å². The zero-order valence-electron chi connectivity index (χ0n) is 13.9. The van der Waals surface area contributed by atoms with Gasteiger partial charge in [0.25, 0.3) is 0 Å². The summed E-state index contributed by atoms with van der Waals surface area (Å²) in [6.45, 7) is 1.50. The summed E-state index contributed by atoms with van der Waals surface area (Å²) in [5.74, 6) is 0.503. The molecule has 0 bridgehead atoms. The number of hydrogen-bond acceptors (Lipinski definition) is 4. The number of amides is 1. The highest BCUT2D eigenvalue weighted by Gasteiger charge is 2.25. The van der Waals surface area contributed by atoms with Crippen molar-refractivity contribution in [3.05, 3.63) is 36.3 Å². The predicted molar refractivity (Wildman–Crippen MR) is 94.8 cm³/mol. The fraction of sp³-hybridized carbons (Fsp3) is 0.368. The first-order valence-corrected chi connectivity index (χ1v) is 8.63. The molecular formula is C19H19N5O. The van der Waals surface area contributed by atoms with Crippen molar-refractivity contribution >= 4 is 27.8 Å². The third-order valence-corrected chi connectivity index (χ3v) is 5.06. The molecule has 1 N–H and O–H groups in total. The molecule has 3 aromatic rings. The summed E-state index contributed by atoms with van der Waals surface area (Å²) < 4.78 is 0. The quantitative estimate of drug-likeness (QED) is 0.798. The highest BCUT2D eigenvalue weighted by atomic mass is 16.2. The highest BCUT2D eigenvalue weighted by Crippen LogP contribution is 2.35. The van der Waals surface area contributed by atoms with Crippen LogP contribution in [0, 0.1) is 11.3 Å². The molecule has 4 rings (SSSR count). The van der Waals surface area contributed by atoms with Gasteiger partial charge < -0.3 is 9.88 Å². The predicted octanol–water partition coefficient (Wildman–Crippen LogP) is 3.12. The van der Waals surface area contributed by atoms with Crippen molar-refractivity contribution in [2.24, 2.45) is 0 Å². The molecule has 0 unspecified atom stereocenters. The van der Waals surface area contributed by atoms with E-state index in [9.17, 15) is 4.79 Å². The van der Waals surface area contributed by atoms with Crippen molar-refractivity contribution in [1.29, 1.82) is 5.26 Å². The molecule has 4 heterocycles. The van der Waals surface area contributed by atoms with Gasteiger partial charge in [-0.2, -0.15) is 5.26 Å². The monoisotopic (exact) mass is 333 g/mol. The minimum atomic E-state index is 0.0943. The summed E-state index contributed by atoms with van der Waals surface area (Å²) >= 11 is 0. The maximum atomic E-state index is 12.1. The Hall–Kier alpha value is -2.94. The summed E-state index contributed by atoms with van der Waals surface area (Å²) in [7, 11) is 0. The van der Waals surface area contributed by atoms with Crippen molar-refractivity contribution < 1.29 is 4.79 Å². The zero-order valence-corrected chi connectivity index (χ0v) is 13.9. The van der Waals surface area contributed by atoms with Gasteiger partial charge in [-0.3, -0.25) is 9.78 Å². The fourth-order valence-electron chi connectivity index (χ4n) is 3.78. The first-order valence-electron chi connectivity index (χ1n) is 8.63. The third kappa shape index (κ3) is 2.82. The van der Waals surface area contributed by atoms with Gasteiger partial charge >= 0.3 is 0 Å². The van der Waals surface area contributed by atoms with Crippen LogP contribution in [0.25, 0.3) is 21.9 Å². The molecule has 0 aromatic carbocycles. The first-order chi connectivity index (χ1) is 12.3. The summed E-state index contributed by atoms with van der Waals surface area (Å²) in [6.07, 6.45) is 8.07. The molecule has 0 atom stereocenters. The fourth-order valence-corrected chi connectivity index (χ4v) is 3.78. The van der Waals surface area contributed by atoms with E-state index in [1.807, 2.05) is 29.6 Å². The molecule has 126 valence electrons. The Kier molecular flexibility index (Phi) is 4.06. The van der Waals surface area contributed by atoms with Gasteiger partial charge in [0.15, 0.2) is 0 Å². The average molecular weight is 333 g/mol. The van der Waals surface area contributed by atoms with E-state index in [2.05, 4.69) is 27.1 Å². The molecule has 1 aliphatic rings. The Bertz CT molecular complexity index is 963. The number of hydrogen-bond donors (Lipinski definition) is 1. The molecule has 0 saturated carbocycles. The number of piperidine rings is 1. The Balaban J connectivity index is 1.60. The number of carbonyl (C=O) groups is 1. The lowest BCUT2D eigenvalue weighted by molar-refractivity contribution is -0.132. The Morgan fingerprint density at radius 3 is 2.96 bits per heavy atom. The lowest BCUT2D eigenvalue weighted by Crippen LogP contribution is -2.37. The molecule has 1 saturated heterocycles. The number of carbonyl (C=O) groups excluding carboxylic acids is 1. The number of likely N-dealkylation sites (tertiary alicyclic amines) is 1. The molecular weight excluding hydrogens is 314 g/mol.